The SMILES string of the molecule is C=C/C=C\Cc1cccc(-c2ccc3c4ccc5cc(/C(C=N)=C/C=C)ccc5c4n(-c4ccccc4)c3c2)c1. The average Bonchev–Trinajstić information content (AvgIpc) is 3.34. The lowest BCUT2D eigenvalue weighted by Gasteiger charge is -2.11. The van der Waals surface area contributed by atoms with Crippen molar-refractivity contribution in [3.05, 3.63) is 158 Å². The van der Waals surface area contributed by atoms with E-state index in [2.05, 4.69) is 127 Å². The summed E-state index contributed by atoms with van der Waals surface area (Å²) in [6.45, 7) is 7.58. The Morgan fingerprint density at radius 1 is 0.725 bits per heavy atom. The minimum atomic E-state index is 0.840. The van der Waals surface area contributed by atoms with Gasteiger partial charge in [-0.3, -0.25) is 0 Å². The summed E-state index contributed by atoms with van der Waals surface area (Å²) in [6.07, 6.45) is 11.8. The van der Waals surface area contributed by atoms with E-state index in [-0.39, 0.29) is 0 Å². The molecule has 1 heterocycles. The van der Waals surface area contributed by atoms with Crippen LogP contribution in [0.3, 0.4) is 0 Å². The zero-order valence-corrected chi connectivity index (χ0v) is 22.3. The maximum atomic E-state index is 7.85. The van der Waals surface area contributed by atoms with Crippen LogP contribution in [0.4, 0.5) is 0 Å². The van der Waals surface area contributed by atoms with E-state index in [1.54, 1.807) is 6.08 Å². The zero-order valence-electron chi connectivity index (χ0n) is 22.3. The van der Waals surface area contributed by atoms with Crippen molar-refractivity contribution >= 4 is 44.4 Å². The Morgan fingerprint density at radius 3 is 2.33 bits per heavy atom. The highest BCUT2D eigenvalue weighted by molar-refractivity contribution is 6.20. The second-order valence-electron chi connectivity index (χ2n) is 9.87. The Kier molecular flexibility index (Phi) is 6.82. The van der Waals surface area contributed by atoms with Crippen LogP contribution in [0, 0.1) is 5.41 Å². The Bertz CT molecular complexity index is 1970. The van der Waals surface area contributed by atoms with E-state index in [4.69, 9.17) is 5.41 Å². The van der Waals surface area contributed by atoms with E-state index in [9.17, 15) is 0 Å². The summed E-state index contributed by atoms with van der Waals surface area (Å²) < 4.78 is 2.39. The number of para-hydroxylation sites is 1. The molecule has 0 fully saturated rings. The summed E-state index contributed by atoms with van der Waals surface area (Å²) in [5, 5.41) is 12.6. The summed E-state index contributed by atoms with van der Waals surface area (Å²) in [5.74, 6) is 0. The number of hydrogen-bond acceptors (Lipinski definition) is 1. The molecule has 1 N–H and O–H groups in total. The first-order chi connectivity index (χ1) is 19.7. The highest BCUT2D eigenvalue weighted by Gasteiger charge is 2.16. The van der Waals surface area contributed by atoms with Gasteiger partial charge in [0.2, 0.25) is 0 Å². The van der Waals surface area contributed by atoms with Gasteiger partial charge in [0.15, 0.2) is 0 Å². The highest BCUT2D eigenvalue weighted by Crippen LogP contribution is 2.39. The third kappa shape index (κ3) is 4.50. The average molecular weight is 515 g/mol. The second-order valence-corrected chi connectivity index (χ2v) is 9.87. The fourth-order valence-electron chi connectivity index (χ4n) is 5.57. The molecule has 0 aliphatic rings. The minimum Gasteiger partial charge on any atom is -0.309 e. The molecule has 5 aromatic carbocycles. The first-order valence-electron chi connectivity index (χ1n) is 13.5. The molecule has 0 amide bonds. The van der Waals surface area contributed by atoms with E-state index >= 15 is 0 Å². The van der Waals surface area contributed by atoms with Gasteiger partial charge in [0.05, 0.1) is 11.0 Å². The van der Waals surface area contributed by atoms with Crippen LogP contribution in [0.2, 0.25) is 0 Å². The molecule has 0 unspecified atom stereocenters. The number of benzene rings is 5. The topological polar surface area (TPSA) is 28.8 Å². The van der Waals surface area contributed by atoms with Crippen molar-refractivity contribution in [2.75, 3.05) is 0 Å². The number of nitrogens with zero attached hydrogens (tertiary/aromatic N) is 1. The summed E-state index contributed by atoms with van der Waals surface area (Å²) >= 11 is 0. The Labute approximate surface area is 235 Å². The van der Waals surface area contributed by atoms with Crippen LogP contribution >= 0.6 is 0 Å². The van der Waals surface area contributed by atoms with Crippen molar-refractivity contribution in [2.24, 2.45) is 0 Å². The maximum Gasteiger partial charge on any atom is 0.0619 e. The van der Waals surface area contributed by atoms with Gasteiger partial charge in [-0.1, -0.05) is 122 Å². The monoisotopic (exact) mass is 514 g/mol. The van der Waals surface area contributed by atoms with Gasteiger partial charge in [0.1, 0.15) is 0 Å². The van der Waals surface area contributed by atoms with E-state index in [0.717, 1.165) is 28.6 Å². The molecule has 40 heavy (non-hydrogen) atoms. The molecule has 0 aliphatic heterocycles. The number of rotatable bonds is 8. The first-order valence-corrected chi connectivity index (χ1v) is 13.5. The molecule has 0 radical (unpaired) electrons. The van der Waals surface area contributed by atoms with Gasteiger partial charge in [-0.2, -0.15) is 0 Å². The second kappa shape index (κ2) is 10.9. The smallest absolute Gasteiger partial charge is 0.0619 e. The van der Waals surface area contributed by atoms with Gasteiger partial charge >= 0.3 is 0 Å². The molecule has 0 saturated heterocycles. The quantitative estimate of drug-likeness (QED) is 0.155. The fourth-order valence-corrected chi connectivity index (χ4v) is 5.57. The minimum absolute atomic E-state index is 0.840. The van der Waals surface area contributed by atoms with E-state index in [1.165, 1.54) is 50.1 Å². The van der Waals surface area contributed by atoms with Gasteiger partial charge in [-0.15, -0.1) is 0 Å². The van der Waals surface area contributed by atoms with Gasteiger partial charge in [0, 0.05) is 28.1 Å². The molecule has 0 bridgehead atoms. The molecule has 192 valence electrons. The number of aromatic nitrogens is 1. The van der Waals surface area contributed by atoms with Crippen LogP contribution in [0.15, 0.2) is 147 Å². The normalized spacial score (nSPS) is 11.9. The van der Waals surface area contributed by atoms with Crippen LogP contribution in [0.1, 0.15) is 11.1 Å². The molecule has 2 heteroatoms. The largest absolute Gasteiger partial charge is 0.309 e. The van der Waals surface area contributed by atoms with Crippen molar-refractivity contribution in [3.63, 3.8) is 0 Å². The van der Waals surface area contributed by atoms with Crippen molar-refractivity contribution in [1.82, 2.24) is 4.57 Å². The molecule has 1 aromatic heterocycles. The first kappa shape index (κ1) is 25.1. The van der Waals surface area contributed by atoms with Crippen LogP contribution in [0.25, 0.3) is 55.0 Å². The lowest BCUT2D eigenvalue weighted by Crippen LogP contribution is -1.95. The maximum absolute atomic E-state index is 7.85. The summed E-state index contributed by atoms with van der Waals surface area (Å²) in [6, 6.07) is 37.1. The number of fused-ring (bicyclic) bond motifs is 5. The van der Waals surface area contributed by atoms with Gasteiger partial charge in [-0.05, 0) is 63.9 Å². The zero-order chi connectivity index (χ0) is 27.5. The number of nitrogens with one attached hydrogen (secondary N) is 1. The van der Waals surface area contributed by atoms with Crippen LogP contribution in [-0.2, 0) is 6.42 Å². The predicted molar refractivity (Wildman–Crippen MR) is 174 cm³/mol. The molecule has 0 spiro atoms. The fraction of sp³-hybridized carbons (Fsp3) is 0.0263. The van der Waals surface area contributed by atoms with E-state index in [1.807, 2.05) is 18.2 Å². The van der Waals surface area contributed by atoms with E-state index < -0.39 is 0 Å². The summed E-state index contributed by atoms with van der Waals surface area (Å²) in [4.78, 5) is 0. The van der Waals surface area contributed by atoms with Crippen LogP contribution in [-0.4, -0.2) is 10.8 Å². The molecule has 0 atom stereocenters. The van der Waals surface area contributed by atoms with Crippen molar-refractivity contribution < 1.29 is 0 Å². The van der Waals surface area contributed by atoms with Gasteiger partial charge in [-0.25, -0.2) is 0 Å². The molecule has 0 saturated carbocycles. The number of allylic oxidation sites excluding steroid dienone is 6. The van der Waals surface area contributed by atoms with Crippen molar-refractivity contribution in [2.45, 2.75) is 6.42 Å². The predicted octanol–water partition coefficient (Wildman–Crippen LogP) is 10.1. The molecule has 6 rings (SSSR count). The molecular formula is C38H30N2. The number of hydrogen-bond donors (Lipinski definition) is 1. The van der Waals surface area contributed by atoms with E-state index in [0.29, 0.717) is 0 Å². The Balaban J connectivity index is 1.60. The molecule has 6 aromatic rings. The lowest BCUT2D eigenvalue weighted by molar-refractivity contribution is 1.19. The molecule has 0 aliphatic carbocycles. The Hall–Kier alpha value is -5.21. The third-order valence-corrected chi connectivity index (χ3v) is 7.43. The van der Waals surface area contributed by atoms with Crippen LogP contribution < -0.4 is 0 Å². The third-order valence-electron chi connectivity index (χ3n) is 7.43. The summed E-state index contributed by atoms with van der Waals surface area (Å²) in [7, 11) is 0. The molecular weight excluding hydrogens is 484 g/mol. The lowest BCUT2D eigenvalue weighted by atomic mass is 9.98. The molecule has 2 nitrogen and oxygen atoms in total. The van der Waals surface area contributed by atoms with Crippen molar-refractivity contribution in [1.29, 1.82) is 5.41 Å². The highest BCUT2D eigenvalue weighted by atomic mass is 15.0. The Morgan fingerprint density at radius 2 is 1.52 bits per heavy atom. The van der Waals surface area contributed by atoms with Crippen molar-refractivity contribution in [3.8, 4) is 16.8 Å². The van der Waals surface area contributed by atoms with Gasteiger partial charge in [0.25, 0.3) is 0 Å². The standard InChI is InChI=1S/C38H30N2/c1-3-5-7-12-27-13-10-14-28(23-27)30-18-21-35-36-22-19-31-24-29(32(26-39)11-4-2)17-20-34(31)38(36)40(37(35)25-30)33-15-8-6-9-16-33/h3-11,13-26,39H,1-2,12H2/b7-5-,32-11+,39-26?. The van der Waals surface area contributed by atoms with Gasteiger partial charge < -0.3 is 9.98 Å². The van der Waals surface area contributed by atoms with Crippen LogP contribution in [0.5, 0.6) is 0 Å². The summed E-state index contributed by atoms with van der Waals surface area (Å²) in [5.41, 5.74) is 9.02.